The summed E-state index contributed by atoms with van der Waals surface area (Å²) < 4.78 is 71.3. The molecular weight excluding hydrogens is 669 g/mol. The summed E-state index contributed by atoms with van der Waals surface area (Å²) >= 11 is 0. The quantitative estimate of drug-likeness (QED) is 0.162. The molecule has 0 fully saturated rings. The molecule has 14 heteroatoms. The first-order chi connectivity index (χ1) is 24.6. The number of benzene rings is 4. The highest BCUT2D eigenvalue weighted by molar-refractivity contribution is 6.05. The van der Waals surface area contributed by atoms with Crippen molar-refractivity contribution in [3.8, 4) is 51.7 Å². The van der Waals surface area contributed by atoms with Crippen LogP contribution in [0.2, 0.25) is 0 Å². The summed E-state index contributed by atoms with van der Waals surface area (Å²) in [4.78, 5) is 27.0. The minimum atomic E-state index is -0.933. The van der Waals surface area contributed by atoms with Crippen molar-refractivity contribution in [2.45, 2.75) is 18.6 Å². The normalized spacial score (nSPS) is 14.6. The van der Waals surface area contributed by atoms with Crippen LogP contribution in [0.5, 0.6) is 51.7 Å². The van der Waals surface area contributed by atoms with Crippen LogP contribution in [0.15, 0.2) is 54.6 Å². The first kappa shape index (κ1) is 36.2. The van der Waals surface area contributed by atoms with Crippen LogP contribution in [-0.4, -0.2) is 74.9 Å². The standard InChI is InChI=1S/C37H38FNO12/c1-42-22-16-26(43-2)23-18-32(33(50-27(23)17-22)20-12-28(44-3)34(48-7)29(13-20)45-4)51-37(41)19-9-10-24(38)25(11-19)39-36(40)21-14-30(46-5)35(49-8)31(15-21)47-6/h9-17,32-33H,18H2,1-8H3,(H,39,40)/t32-,33-/m1/s1. The van der Waals surface area contributed by atoms with Crippen LogP contribution in [-0.2, 0) is 11.2 Å². The highest BCUT2D eigenvalue weighted by Crippen LogP contribution is 2.47. The molecule has 1 amide bonds. The average Bonchev–Trinajstić information content (AvgIpc) is 3.16. The molecule has 0 saturated carbocycles. The first-order valence-corrected chi connectivity index (χ1v) is 15.5. The van der Waals surface area contributed by atoms with E-state index >= 15 is 4.39 Å². The van der Waals surface area contributed by atoms with Gasteiger partial charge in [-0.15, -0.1) is 0 Å². The molecule has 0 saturated heterocycles. The number of esters is 1. The van der Waals surface area contributed by atoms with Crippen LogP contribution in [0, 0.1) is 5.82 Å². The largest absolute Gasteiger partial charge is 0.496 e. The van der Waals surface area contributed by atoms with E-state index in [4.69, 9.17) is 47.4 Å². The minimum Gasteiger partial charge on any atom is -0.496 e. The maximum absolute atomic E-state index is 15.1. The summed E-state index contributed by atoms with van der Waals surface area (Å²) in [6.45, 7) is 0. The molecule has 0 unspecified atom stereocenters. The molecule has 1 heterocycles. The molecule has 0 aliphatic carbocycles. The van der Waals surface area contributed by atoms with E-state index in [0.29, 0.717) is 45.6 Å². The van der Waals surface area contributed by atoms with Gasteiger partial charge in [0.25, 0.3) is 5.91 Å². The summed E-state index contributed by atoms with van der Waals surface area (Å²) in [6.07, 6.45) is -1.65. The van der Waals surface area contributed by atoms with Gasteiger partial charge < -0.3 is 52.7 Å². The fourth-order valence-electron chi connectivity index (χ4n) is 5.73. The number of rotatable bonds is 13. The molecule has 4 aromatic carbocycles. The summed E-state index contributed by atoms with van der Waals surface area (Å²) in [7, 11) is 11.7. The zero-order chi connectivity index (χ0) is 36.8. The van der Waals surface area contributed by atoms with Gasteiger partial charge in [-0.1, -0.05) is 0 Å². The van der Waals surface area contributed by atoms with Gasteiger partial charge >= 0.3 is 5.97 Å². The third-order valence-corrected chi connectivity index (χ3v) is 8.25. The first-order valence-electron chi connectivity index (χ1n) is 15.5. The minimum absolute atomic E-state index is 0.0345. The van der Waals surface area contributed by atoms with Gasteiger partial charge in [-0.05, 0) is 42.5 Å². The molecule has 5 rings (SSSR count). The Kier molecular flexibility index (Phi) is 11.1. The number of carbonyl (C=O) groups is 2. The number of amides is 1. The van der Waals surface area contributed by atoms with Crippen LogP contribution in [0.25, 0.3) is 0 Å². The van der Waals surface area contributed by atoms with Crippen molar-refractivity contribution in [2.24, 2.45) is 0 Å². The number of ether oxygens (including phenoxy) is 10. The lowest BCUT2D eigenvalue weighted by Crippen LogP contribution is -2.35. The topological polar surface area (TPSA) is 138 Å². The molecule has 1 aliphatic rings. The molecule has 4 aromatic rings. The molecule has 2 atom stereocenters. The van der Waals surface area contributed by atoms with Crippen molar-refractivity contribution in [1.82, 2.24) is 0 Å². The zero-order valence-electron chi connectivity index (χ0n) is 29.3. The average molecular weight is 708 g/mol. The van der Waals surface area contributed by atoms with E-state index in [2.05, 4.69) is 5.32 Å². The second-order valence-corrected chi connectivity index (χ2v) is 11.0. The Morgan fingerprint density at radius 3 is 1.76 bits per heavy atom. The number of hydrogen-bond acceptors (Lipinski definition) is 12. The maximum Gasteiger partial charge on any atom is 0.338 e. The van der Waals surface area contributed by atoms with Crippen molar-refractivity contribution >= 4 is 17.6 Å². The third-order valence-electron chi connectivity index (χ3n) is 8.25. The predicted molar refractivity (Wildman–Crippen MR) is 182 cm³/mol. The molecular formula is C37H38FNO12. The monoisotopic (exact) mass is 707 g/mol. The number of nitrogens with one attached hydrogen (secondary N) is 1. The van der Waals surface area contributed by atoms with Gasteiger partial charge in [0.2, 0.25) is 11.5 Å². The van der Waals surface area contributed by atoms with Crippen LogP contribution in [0.4, 0.5) is 10.1 Å². The van der Waals surface area contributed by atoms with E-state index in [1.807, 2.05) is 0 Å². The van der Waals surface area contributed by atoms with Gasteiger partial charge in [0, 0.05) is 35.2 Å². The smallest absolute Gasteiger partial charge is 0.338 e. The molecule has 270 valence electrons. The molecule has 51 heavy (non-hydrogen) atoms. The number of halogens is 1. The van der Waals surface area contributed by atoms with Crippen molar-refractivity contribution in [2.75, 3.05) is 62.2 Å². The van der Waals surface area contributed by atoms with Crippen LogP contribution in [0.3, 0.4) is 0 Å². The van der Waals surface area contributed by atoms with Crippen molar-refractivity contribution in [3.05, 3.63) is 82.7 Å². The Bertz CT molecular complexity index is 1880. The van der Waals surface area contributed by atoms with E-state index < -0.39 is 29.9 Å². The Morgan fingerprint density at radius 2 is 1.24 bits per heavy atom. The van der Waals surface area contributed by atoms with E-state index in [-0.39, 0.29) is 40.5 Å². The van der Waals surface area contributed by atoms with E-state index in [1.54, 1.807) is 24.3 Å². The summed E-state index contributed by atoms with van der Waals surface area (Å²) in [5.74, 6) is 0.965. The molecule has 0 aromatic heterocycles. The van der Waals surface area contributed by atoms with Gasteiger partial charge in [-0.3, -0.25) is 4.79 Å². The van der Waals surface area contributed by atoms with Crippen LogP contribution < -0.4 is 47.9 Å². The number of methoxy groups -OCH3 is 8. The van der Waals surface area contributed by atoms with Gasteiger partial charge in [-0.25, -0.2) is 9.18 Å². The Balaban J connectivity index is 1.49. The zero-order valence-corrected chi connectivity index (χ0v) is 29.3. The SMILES string of the molecule is COc1cc(OC)c2c(c1)O[C@H](c1cc(OC)c(OC)c(OC)c1)[C@H](OC(=O)c1ccc(F)c(NC(=O)c3cc(OC)c(OC)c(OC)c3)c1)C2. The van der Waals surface area contributed by atoms with Crippen molar-refractivity contribution < 1.29 is 61.3 Å². The summed E-state index contributed by atoms with van der Waals surface area (Å²) in [5.41, 5.74) is 0.981. The number of hydrogen-bond donors (Lipinski definition) is 1. The molecule has 0 spiro atoms. The Hall–Kier alpha value is -6.05. The van der Waals surface area contributed by atoms with Gasteiger partial charge in [-0.2, -0.15) is 0 Å². The lowest BCUT2D eigenvalue weighted by Gasteiger charge is -2.34. The lowest BCUT2D eigenvalue weighted by atomic mass is 9.93. The Labute approximate surface area is 294 Å². The summed E-state index contributed by atoms with van der Waals surface area (Å²) in [5, 5.41) is 2.51. The van der Waals surface area contributed by atoms with E-state index in [1.165, 1.54) is 81.1 Å². The highest BCUT2D eigenvalue weighted by atomic mass is 19.1. The number of carbonyl (C=O) groups excluding carboxylic acids is 2. The molecule has 13 nitrogen and oxygen atoms in total. The van der Waals surface area contributed by atoms with Crippen molar-refractivity contribution in [3.63, 3.8) is 0 Å². The molecule has 1 aliphatic heterocycles. The Morgan fingerprint density at radius 1 is 0.667 bits per heavy atom. The van der Waals surface area contributed by atoms with Crippen LogP contribution in [0.1, 0.15) is 37.9 Å². The second-order valence-electron chi connectivity index (χ2n) is 11.0. The highest BCUT2D eigenvalue weighted by Gasteiger charge is 2.38. The van der Waals surface area contributed by atoms with Gasteiger partial charge in [0.15, 0.2) is 29.1 Å². The molecule has 1 N–H and O–H groups in total. The van der Waals surface area contributed by atoms with Gasteiger partial charge in [0.05, 0.1) is 68.1 Å². The second kappa shape index (κ2) is 15.7. The van der Waals surface area contributed by atoms with Crippen LogP contribution >= 0.6 is 0 Å². The summed E-state index contributed by atoms with van der Waals surface area (Å²) in [6, 6.07) is 13.1. The number of anilines is 1. The lowest BCUT2D eigenvalue weighted by molar-refractivity contribution is -0.0188. The predicted octanol–water partition coefficient (Wildman–Crippen LogP) is 6.05. The molecule has 0 bridgehead atoms. The number of fused-ring (bicyclic) bond motifs is 1. The fraction of sp³-hybridized carbons (Fsp3) is 0.297. The van der Waals surface area contributed by atoms with E-state index in [0.717, 1.165) is 6.07 Å². The van der Waals surface area contributed by atoms with Gasteiger partial charge in [0.1, 0.15) is 29.2 Å². The van der Waals surface area contributed by atoms with Crippen molar-refractivity contribution in [1.29, 1.82) is 0 Å². The maximum atomic E-state index is 15.1. The fourth-order valence-corrected chi connectivity index (χ4v) is 5.73. The third kappa shape index (κ3) is 7.30. The van der Waals surface area contributed by atoms with E-state index in [9.17, 15) is 9.59 Å². The molecule has 0 radical (unpaired) electrons.